The third kappa shape index (κ3) is 3.69. The van der Waals surface area contributed by atoms with Gasteiger partial charge in [-0.3, -0.25) is 0 Å². The molecular weight excluding hydrogens is 380 g/mol. The van der Waals surface area contributed by atoms with Crippen LogP contribution in [0.3, 0.4) is 0 Å². The maximum atomic E-state index is 6.47. The van der Waals surface area contributed by atoms with Crippen LogP contribution in [0, 0.1) is 0 Å². The van der Waals surface area contributed by atoms with Crippen molar-refractivity contribution in [1.29, 1.82) is 0 Å². The number of ether oxygens (including phenoxy) is 1. The molecule has 1 saturated heterocycles. The molecule has 2 aliphatic heterocycles. The third-order valence-corrected chi connectivity index (χ3v) is 6.35. The summed E-state index contributed by atoms with van der Waals surface area (Å²) in [6.07, 6.45) is 4.28. The van der Waals surface area contributed by atoms with Crippen molar-refractivity contribution in [3.63, 3.8) is 0 Å². The molecule has 3 nitrogen and oxygen atoms in total. The Morgan fingerprint density at radius 2 is 1.97 bits per heavy atom. The molecule has 0 amide bonds. The van der Waals surface area contributed by atoms with E-state index in [1.807, 2.05) is 6.07 Å². The van der Waals surface area contributed by atoms with Crippen LogP contribution in [-0.2, 0) is 16.6 Å². The Balaban J connectivity index is 1.89. The maximum absolute atomic E-state index is 6.47. The predicted molar refractivity (Wildman–Crippen MR) is 120 cm³/mol. The van der Waals surface area contributed by atoms with Crippen molar-refractivity contribution < 1.29 is 9.31 Å². The molecule has 2 aliphatic rings. The van der Waals surface area contributed by atoms with Crippen LogP contribution in [0.4, 0.5) is 5.69 Å². The summed E-state index contributed by atoms with van der Waals surface area (Å²) in [5.41, 5.74) is 5.03. The summed E-state index contributed by atoms with van der Waals surface area (Å²) in [5, 5.41) is 0.792. The Bertz CT molecular complexity index is 951. The van der Waals surface area contributed by atoms with Gasteiger partial charge < -0.3 is 9.64 Å². The van der Waals surface area contributed by atoms with Gasteiger partial charge in [0.15, 0.2) is 11.6 Å². The van der Waals surface area contributed by atoms with Gasteiger partial charge in [-0.05, 0) is 38.0 Å². The number of benzene rings is 2. The maximum Gasteiger partial charge on any atom is 0.209 e. The minimum absolute atomic E-state index is 0.172. The minimum Gasteiger partial charge on any atom is -0.477 e. The van der Waals surface area contributed by atoms with Crippen LogP contribution in [0.2, 0.25) is 5.02 Å². The molecule has 0 aliphatic carbocycles. The molecule has 0 saturated carbocycles. The van der Waals surface area contributed by atoms with E-state index < -0.39 is 0 Å². The van der Waals surface area contributed by atoms with Crippen LogP contribution in [0.1, 0.15) is 38.3 Å². The highest BCUT2D eigenvalue weighted by molar-refractivity contribution is 6.30. The number of fused-ring (bicyclic) bond motifs is 1. The number of hydrogen-bond acceptors (Lipinski definition) is 2. The van der Waals surface area contributed by atoms with E-state index in [0.717, 1.165) is 50.0 Å². The molecule has 0 N–H and O–H groups in total. The van der Waals surface area contributed by atoms with Gasteiger partial charge in [0.1, 0.15) is 13.2 Å². The second kappa shape index (κ2) is 8.23. The highest BCUT2D eigenvalue weighted by atomic mass is 35.5. The Kier molecular flexibility index (Phi) is 5.69. The second-order valence-corrected chi connectivity index (χ2v) is 8.54. The van der Waals surface area contributed by atoms with Crippen LogP contribution in [0.25, 0.3) is 0 Å². The van der Waals surface area contributed by atoms with E-state index in [9.17, 15) is 0 Å². The SMILES string of the molecule is CCC[N+]1=C(/C=C2\OCCN2CC)C(C)(Cc2ccccc2)c2cc(Cl)ccc21. The van der Waals surface area contributed by atoms with E-state index in [1.165, 1.54) is 22.5 Å². The molecule has 0 aromatic heterocycles. The van der Waals surface area contributed by atoms with Crippen molar-refractivity contribution in [3.8, 4) is 0 Å². The monoisotopic (exact) mass is 409 g/mol. The molecule has 0 spiro atoms. The Labute approximate surface area is 179 Å². The fourth-order valence-corrected chi connectivity index (χ4v) is 4.84. The van der Waals surface area contributed by atoms with E-state index in [-0.39, 0.29) is 5.41 Å². The topological polar surface area (TPSA) is 15.5 Å². The molecule has 0 bridgehead atoms. The van der Waals surface area contributed by atoms with Crippen molar-refractivity contribution in [2.75, 3.05) is 26.2 Å². The van der Waals surface area contributed by atoms with Gasteiger partial charge in [-0.25, -0.2) is 0 Å². The van der Waals surface area contributed by atoms with Gasteiger partial charge in [0.05, 0.1) is 18.0 Å². The zero-order valence-electron chi connectivity index (χ0n) is 17.6. The molecule has 1 unspecified atom stereocenters. The first kappa shape index (κ1) is 20.0. The van der Waals surface area contributed by atoms with Crippen LogP contribution < -0.4 is 0 Å². The van der Waals surface area contributed by atoms with Gasteiger partial charge in [0, 0.05) is 29.6 Å². The lowest BCUT2D eigenvalue weighted by atomic mass is 9.74. The highest BCUT2D eigenvalue weighted by Crippen LogP contribution is 2.44. The quantitative estimate of drug-likeness (QED) is 0.582. The number of nitrogens with zero attached hydrogens (tertiary/aromatic N) is 2. The zero-order valence-corrected chi connectivity index (χ0v) is 18.4. The van der Waals surface area contributed by atoms with E-state index in [1.54, 1.807) is 0 Å². The molecule has 2 aromatic carbocycles. The van der Waals surface area contributed by atoms with E-state index in [2.05, 4.69) is 78.8 Å². The first-order chi connectivity index (χ1) is 14.1. The number of allylic oxidation sites excluding steroid dienone is 1. The Morgan fingerprint density at radius 3 is 2.69 bits per heavy atom. The molecule has 0 radical (unpaired) electrons. The fourth-order valence-electron chi connectivity index (χ4n) is 4.67. The largest absolute Gasteiger partial charge is 0.477 e. The van der Waals surface area contributed by atoms with Gasteiger partial charge in [0.25, 0.3) is 0 Å². The first-order valence-corrected chi connectivity index (χ1v) is 11.0. The zero-order chi connectivity index (χ0) is 20.4. The van der Waals surface area contributed by atoms with Crippen molar-refractivity contribution in [1.82, 2.24) is 4.90 Å². The smallest absolute Gasteiger partial charge is 0.209 e. The summed E-state index contributed by atoms with van der Waals surface area (Å²) < 4.78 is 8.49. The number of halogens is 1. The average molecular weight is 410 g/mol. The summed E-state index contributed by atoms with van der Waals surface area (Å²) in [6, 6.07) is 17.1. The van der Waals surface area contributed by atoms with Crippen LogP contribution in [0.5, 0.6) is 0 Å². The molecule has 1 fully saturated rings. The lowest BCUT2D eigenvalue weighted by Crippen LogP contribution is -2.35. The van der Waals surface area contributed by atoms with Gasteiger partial charge in [-0.15, -0.1) is 0 Å². The van der Waals surface area contributed by atoms with E-state index >= 15 is 0 Å². The Morgan fingerprint density at radius 1 is 1.17 bits per heavy atom. The van der Waals surface area contributed by atoms with Crippen molar-refractivity contribution in [2.45, 2.75) is 39.0 Å². The molecule has 2 aromatic rings. The molecule has 1 atom stereocenters. The summed E-state index contributed by atoms with van der Waals surface area (Å²) in [4.78, 5) is 2.32. The molecule has 4 heteroatoms. The van der Waals surface area contributed by atoms with Gasteiger partial charge in [0.2, 0.25) is 5.69 Å². The third-order valence-electron chi connectivity index (χ3n) is 6.11. The minimum atomic E-state index is -0.172. The van der Waals surface area contributed by atoms with Crippen LogP contribution >= 0.6 is 11.6 Å². The van der Waals surface area contributed by atoms with Gasteiger partial charge >= 0.3 is 0 Å². The summed E-state index contributed by atoms with van der Waals surface area (Å²) in [5.74, 6) is 0.988. The lowest BCUT2D eigenvalue weighted by Gasteiger charge is -2.24. The lowest BCUT2D eigenvalue weighted by molar-refractivity contribution is -0.437. The summed E-state index contributed by atoms with van der Waals surface area (Å²) in [7, 11) is 0. The molecule has 29 heavy (non-hydrogen) atoms. The number of rotatable bonds is 6. The van der Waals surface area contributed by atoms with E-state index in [4.69, 9.17) is 16.3 Å². The summed E-state index contributed by atoms with van der Waals surface area (Å²) >= 11 is 6.47. The first-order valence-electron chi connectivity index (χ1n) is 10.6. The fraction of sp³-hybridized carbons (Fsp3) is 0.400. The summed E-state index contributed by atoms with van der Waals surface area (Å²) in [6.45, 7) is 10.4. The number of hydrogen-bond donors (Lipinski definition) is 0. The second-order valence-electron chi connectivity index (χ2n) is 8.10. The highest BCUT2D eigenvalue weighted by Gasteiger charge is 2.48. The molecule has 152 valence electrons. The van der Waals surface area contributed by atoms with Crippen molar-refractivity contribution in [3.05, 3.63) is 76.6 Å². The van der Waals surface area contributed by atoms with Crippen LogP contribution in [-0.4, -0.2) is 41.4 Å². The molecular formula is C25H30ClN2O+. The van der Waals surface area contributed by atoms with Crippen LogP contribution in [0.15, 0.2) is 60.5 Å². The van der Waals surface area contributed by atoms with Crippen molar-refractivity contribution in [2.24, 2.45) is 0 Å². The van der Waals surface area contributed by atoms with Crippen molar-refractivity contribution >= 4 is 23.0 Å². The van der Waals surface area contributed by atoms with Gasteiger partial charge in [-0.1, -0.05) is 48.9 Å². The standard InChI is InChI=1S/C25H30ClN2O/c1-4-13-28-22-12-11-20(26)16-21(22)25(3,18-19-9-7-6-8-10-19)23(28)17-24-27(5-2)14-15-29-24/h6-12,16-17H,4-5,13-15,18H2,1-3H3/q+1. The number of likely N-dealkylation sites (N-methyl/N-ethyl adjacent to an activating group) is 1. The molecule has 4 rings (SSSR count). The van der Waals surface area contributed by atoms with Gasteiger partial charge in [-0.2, -0.15) is 4.58 Å². The normalized spacial score (nSPS) is 22.3. The predicted octanol–water partition coefficient (Wildman–Crippen LogP) is 5.54. The molecule has 2 heterocycles. The van der Waals surface area contributed by atoms with E-state index in [0.29, 0.717) is 0 Å². The average Bonchev–Trinajstić information content (AvgIpc) is 3.26. The Hall–Kier alpha value is -2.26.